The fourth-order valence-electron chi connectivity index (χ4n) is 4.25. The van der Waals surface area contributed by atoms with Gasteiger partial charge >= 0.3 is 0 Å². The highest BCUT2D eigenvalue weighted by atomic mass is 32.2. The third-order valence-electron chi connectivity index (χ3n) is 5.48. The molecule has 0 radical (unpaired) electrons. The van der Waals surface area contributed by atoms with E-state index in [0.29, 0.717) is 12.2 Å². The van der Waals surface area contributed by atoms with E-state index in [2.05, 4.69) is 68.8 Å². The number of aliphatic imine (C=N–C) groups is 1. The molecule has 138 valence electrons. The van der Waals surface area contributed by atoms with E-state index >= 15 is 0 Å². The molecule has 3 rings (SSSR count). The lowest BCUT2D eigenvalue weighted by Gasteiger charge is -2.44. The summed E-state index contributed by atoms with van der Waals surface area (Å²) in [6.45, 7) is 12.8. The fraction of sp³-hybridized carbons (Fsp3) is 0.455. The Kier molecular flexibility index (Phi) is 5.16. The van der Waals surface area contributed by atoms with Gasteiger partial charge in [0, 0.05) is 28.9 Å². The first-order valence-corrected chi connectivity index (χ1v) is 10.2. The Hall–Kier alpha value is -1.81. The zero-order chi connectivity index (χ0) is 18.9. The number of carbonyl (C=O) groups is 1. The van der Waals surface area contributed by atoms with E-state index in [9.17, 15) is 4.79 Å². The summed E-state index contributed by atoms with van der Waals surface area (Å²) < 4.78 is 0. The van der Waals surface area contributed by atoms with Crippen molar-refractivity contribution in [3.05, 3.63) is 59.6 Å². The van der Waals surface area contributed by atoms with Crippen molar-refractivity contribution >= 4 is 23.1 Å². The van der Waals surface area contributed by atoms with Gasteiger partial charge in [-0.3, -0.25) is 4.79 Å². The summed E-state index contributed by atoms with van der Waals surface area (Å²) in [6, 6.07) is 10.5. The van der Waals surface area contributed by atoms with Crippen LogP contribution in [0.2, 0.25) is 0 Å². The van der Waals surface area contributed by atoms with Gasteiger partial charge in [0.1, 0.15) is 5.82 Å². The van der Waals surface area contributed by atoms with Crippen LogP contribution in [-0.2, 0) is 10.2 Å². The molecule has 0 aromatic heterocycles. The number of rotatable bonds is 2. The van der Waals surface area contributed by atoms with E-state index in [0.717, 1.165) is 23.4 Å². The molecular formula is C22H28N2OS. The molecule has 26 heavy (non-hydrogen) atoms. The van der Waals surface area contributed by atoms with Gasteiger partial charge in [-0.15, -0.1) is 11.8 Å². The molecule has 0 fully saturated rings. The molecule has 0 saturated carbocycles. The average molecular weight is 369 g/mol. The molecule has 1 atom stereocenters. The van der Waals surface area contributed by atoms with Gasteiger partial charge in [-0.25, -0.2) is 4.99 Å². The van der Waals surface area contributed by atoms with Crippen LogP contribution in [0.5, 0.6) is 0 Å². The number of carbonyl (C=O) groups excluding carboxylic acids is 1. The van der Waals surface area contributed by atoms with Crippen LogP contribution in [0.15, 0.2) is 59.0 Å². The monoisotopic (exact) mass is 368 g/mol. The van der Waals surface area contributed by atoms with Gasteiger partial charge < -0.3 is 5.32 Å². The maximum atomic E-state index is 13.4. The Morgan fingerprint density at radius 2 is 1.88 bits per heavy atom. The zero-order valence-electron chi connectivity index (χ0n) is 16.1. The van der Waals surface area contributed by atoms with Crippen molar-refractivity contribution in [1.29, 1.82) is 0 Å². The highest BCUT2D eigenvalue weighted by Crippen LogP contribution is 2.49. The van der Waals surface area contributed by atoms with Gasteiger partial charge in [-0.2, -0.15) is 0 Å². The van der Waals surface area contributed by atoms with Crippen LogP contribution in [-0.4, -0.2) is 17.1 Å². The van der Waals surface area contributed by atoms with Crippen molar-refractivity contribution in [3.63, 3.8) is 0 Å². The van der Waals surface area contributed by atoms with Crippen molar-refractivity contribution < 1.29 is 4.79 Å². The van der Waals surface area contributed by atoms with Crippen LogP contribution in [0.25, 0.3) is 0 Å². The maximum absolute atomic E-state index is 13.4. The highest BCUT2D eigenvalue weighted by Gasteiger charge is 2.47. The summed E-state index contributed by atoms with van der Waals surface area (Å²) in [5, 5.41) is 3.38. The molecule has 1 aliphatic heterocycles. The smallest absolute Gasteiger partial charge is 0.162 e. The highest BCUT2D eigenvalue weighted by molar-refractivity contribution is 8.12. The van der Waals surface area contributed by atoms with Crippen LogP contribution in [0, 0.1) is 11.3 Å². The number of benzene rings is 1. The van der Waals surface area contributed by atoms with Crippen molar-refractivity contribution in [2.75, 3.05) is 5.75 Å². The number of hydrogen-bond acceptors (Lipinski definition) is 4. The Morgan fingerprint density at radius 1 is 1.19 bits per heavy atom. The van der Waals surface area contributed by atoms with Crippen molar-refractivity contribution in [1.82, 2.24) is 5.32 Å². The second-order valence-corrected chi connectivity index (χ2v) is 9.24. The molecule has 1 aromatic carbocycles. The average Bonchev–Trinajstić information content (AvgIpc) is 2.62. The Morgan fingerprint density at radius 3 is 2.54 bits per heavy atom. The second kappa shape index (κ2) is 7.07. The van der Waals surface area contributed by atoms with Gasteiger partial charge in [0.25, 0.3) is 0 Å². The van der Waals surface area contributed by atoms with Crippen LogP contribution >= 0.6 is 11.8 Å². The fourth-order valence-corrected chi connectivity index (χ4v) is 5.43. The number of Topliss-reactive ketones (excluding diaryl/α,β-unsaturated/α-hetero) is 1. The minimum absolute atomic E-state index is 0.0620. The number of allylic oxidation sites excluding steroid dienone is 2. The maximum Gasteiger partial charge on any atom is 0.162 e. The minimum Gasteiger partial charge on any atom is -0.344 e. The summed E-state index contributed by atoms with van der Waals surface area (Å²) in [5.41, 5.74) is 4.56. The Labute approximate surface area is 161 Å². The Bertz CT molecular complexity index is 777. The first kappa shape index (κ1) is 19.0. The van der Waals surface area contributed by atoms with E-state index in [1.165, 1.54) is 5.56 Å². The molecule has 3 nitrogen and oxygen atoms in total. The molecule has 0 spiro atoms. The standard InChI is InChI=1S/C22H28N2OS/c1-15(2)22(17-9-7-6-8-10-17)13-26-14-23-16(3)24-18-11-21(4,5)12-19(25)20(18)22/h6-10,14-15,24H,3,11-13H2,1-2,4-5H3/b23-14-. The molecule has 0 amide bonds. The van der Waals surface area contributed by atoms with E-state index in [1.807, 2.05) is 11.6 Å². The lowest BCUT2D eigenvalue weighted by molar-refractivity contribution is -0.119. The quantitative estimate of drug-likeness (QED) is 0.793. The third-order valence-corrected chi connectivity index (χ3v) is 6.36. The normalized spacial score (nSPS) is 27.3. The Balaban J connectivity index is 2.30. The number of ketones is 1. The van der Waals surface area contributed by atoms with Crippen molar-refractivity contribution in [2.45, 2.75) is 46.0 Å². The molecule has 0 bridgehead atoms. The van der Waals surface area contributed by atoms with Gasteiger partial charge in [0.2, 0.25) is 0 Å². The molecular weight excluding hydrogens is 340 g/mol. The van der Waals surface area contributed by atoms with E-state index in [1.54, 1.807) is 11.8 Å². The van der Waals surface area contributed by atoms with Crippen molar-refractivity contribution in [2.24, 2.45) is 16.3 Å². The number of nitrogens with one attached hydrogen (secondary N) is 1. The van der Waals surface area contributed by atoms with Crippen LogP contribution in [0.1, 0.15) is 46.1 Å². The van der Waals surface area contributed by atoms with Gasteiger partial charge in [-0.1, -0.05) is 64.6 Å². The van der Waals surface area contributed by atoms with Crippen LogP contribution in [0.3, 0.4) is 0 Å². The van der Waals surface area contributed by atoms with Crippen LogP contribution < -0.4 is 5.32 Å². The summed E-state index contributed by atoms with van der Waals surface area (Å²) >= 11 is 1.66. The molecule has 4 heteroatoms. The first-order chi connectivity index (χ1) is 12.3. The number of thioether (sulfide) groups is 1. The van der Waals surface area contributed by atoms with Gasteiger partial charge in [0.15, 0.2) is 5.78 Å². The third kappa shape index (κ3) is 3.39. The molecule has 2 aliphatic rings. The summed E-state index contributed by atoms with van der Waals surface area (Å²) in [6.07, 6.45) is 1.40. The topological polar surface area (TPSA) is 41.5 Å². The zero-order valence-corrected chi connectivity index (χ0v) is 17.0. The summed E-state index contributed by atoms with van der Waals surface area (Å²) in [7, 11) is 0. The molecule has 1 unspecified atom stereocenters. The van der Waals surface area contributed by atoms with E-state index in [-0.39, 0.29) is 22.5 Å². The first-order valence-electron chi connectivity index (χ1n) is 9.19. The number of hydrogen-bond donors (Lipinski definition) is 1. The van der Waals surface area contributed by atoms with Crippen LogP contribution in [0.4, 0.5) is 0 Å². The number of nitrogens with zero attached hydrogens (tertiary/aromatic N) is 1. The largest absolute Gasteiger partial charge is 0.344 e. The second-order valence-electron chi connectivity index (χ2n) is 8.40. The van der Waals surface area contributed by atoms with E-state index < -0.39 is 0 Å². The SMILES string of the molecule is C=C1/N=C\SCC(c2ccccc2)(C(C)C)C2=C(CC(C)(C)CC2=O)N1. The van der Waals surface area contributed by atoms with Gasteiger partial charge in [-0.05, 0) is 23.3 Å². The molecule has 1 heterocycles. The molecule has 0 saturated heterocycles. The van der Waals surface area contributed by atoms with Crippen molar-refractivity contribution in [3.8, 4) is 0 Å². The lowest BCUT2D eigenvalue weighted by atomic mass is 9.61. The molecule has 1 aliphatic carbocycles. The molecule has 1 aromatic rings. The van der Waals surface area contributed by atoms with E-state index in [4.69, 9.17) is 0 Å². The minimum atomic E-state index is -0.349. The molecule has 1 N–H and O–H groups in total. The lowest BCUT2D eigenvalue weighted by Crippen LogP contribution is -2.45. The summed E-state index contributed by atoms with van der Waals surface area (Å²) in [4.78, 5) is 17.9. The summed E-state index contributed by atoms with van der Waals surface area (Å²) in [5.74, 6) is 1.91. The predicted octanol–water partition coefficient (Wildman–Crippen LogP) is 5.06. The predicted molar refractivity (Wildman–Crippen MR) is 111 cm³/mol. The van der Waals surface area contributed by atoms with Gasteiger partial charge in [0.05, 0.1) is 5.55 Å².